The maximum Gasteiger partial charge on any atom is 0.319 e. The molecule has 0 spiro atoms. The average Bonchev–Trinajstić information content (AvgIpc) is 2.08. The molecule has 0 aromatic heterocycles. The van der Waals surface area contributed by atoms with E-state index >= 15 is 0 Å². The van der Waals surface area contributed by atoms with Crippen molar-refractivity contribution in [1.29, 1.82) is 0 Å². The van der Waals surface area contributed by atoms with Gasteiger partial charge in [-0.25, -0.2) is 4.79 Å². The number of benzene rings is 1. The first-order valence-electron chi connectivity index (χ1n) is 3.60. The molecule has 1 aromatic rings. The number of carbonyl (C=O) groups excluding carboxylic acids is 2. The number of hydrogen-bond acceptors (Lipinski definition) is 3. The molecule has 0 unspecified atom stereocenters. The maximum atomic E-state index is 11.2. The normalized spacial score (nSPS) is 9.50. The predicted octanol–water partition coefficient (Wildman–Crippen LogP) is 0.854. The number of carbonyl (C=O) groups is 2. The first-order valence-corrected chi connectivity index (χ1v) is 3.98. The summed E-state index contributed by atoms with van der Waals surface area (Å²) < 4.78 is 0. The van der Waals surface area contributed by atoms with Gasteiger partial charge in [0.25, 0.3) is 5.91 Å². The molecular formula is C8H7ClN2O3. The molecule has 0 heterocycles. The standard InChI is InChI=1S/C8H7ClN2O3/c9-4-1-2-6(12)5(3-4)7(13)11-8(10)14/h1-3,12H,(H3,10,11,13,14). The first kappa shape index (κ1) is 10.3. The number of nitrogens with two attached hydrogens (primary N) is 1. The molecule has 14 heavy (non-hydrogen) atoms. The number of rotatable bonds is 1. The number of primary amides is 1. The van der Waals surface area contributed by atoms with Crippen molar-refractivity contribution in [2.45, 2.75) is 0 Å². The second kappa shape index (κ2) is 3.97. The third-order valence-corrected chi connectivity index (χ3v) is 1.68. The van der Waals surface area contributed by atoms with E-state index in [0.717, 1.165) is 0 Å². The van der Waals surface area contributed by atoms with Crippen LogP contribution in [0.5, 0.6) is 5.75 Å². The number of halogens is 1. The monoisotopic (exact) mass is 214 g/mol. The minimum Gasteiger partial charge on any atom is -0.507 e. The fourth-order valence-electron chi connectivity index (χ4n) is 0.869. The molecule has 74 valence electrons. The zero-order chi connectivity index (χ0) is 10.7. The lowest BCUT2D eigenvalue weighted by Crippen LogP contribution is -2.34. The molecular weight excluding hydrogens is 208 g/mol. The highest BCUT2D eigenvalue weighted by molar-refractivity contribution is 6.31. The number of imide groups is 1. The summed E-state index contributed by atoms with van der Waals surface area (Å²) in [6, 6.07) is 2.90. The van der Waals surface area contributed by atoms with Crippen LogP contribution in [-0.4, -0.2) is 17.0 Å². The average molecular weight is 215 g/mol. The van der Waals surface area contributed by atoms with Gasteiger partial charge in [-0.15, -0.1) is 0 Å². The van der Waals surface area contributed by atoms with Crippen LogP contribution in [-0.2, 0) is 0 Å². The minimum absolute atomic E-state index is 0.101. The van der Waals surface area contributed by atoms with Gasteiger partial charge in [0.1, 0.15) is 5.75 Å². The van der Waals surface area contributed by atoms with E-state index < -0.39 is 11.9 Å². The molecule has 0 saturated carbocycles. The van der Waals surface area contributed by atoms with Crippen molar-refractivity contribution in [1.82, 2.24) is 5.32 Å². The molecule has 4 N–H and O–H groups in total. The highest BCUT2D eigenvalue weighted by atomic mass is 35.5. The van der Waals surface area contributed by atoms with Crippen LogP contribution < -0.4 is 11.1 Å². The lowest BCUT2D eigenvalue weighted by molar-refractivity contribution is 0.0963. The Bertz CT molecular complexity index is 392. The van der Waals surface area contributed by atoms with E-state index in [1.54, 1.807) is 0 Å². The van der Waals surface area contributed by atoms with Gasteiger partial charge in [0.15, 0.2) is 0 Å². The van der Waals surface area contributed by atoms with E-state index in [1.807, 2.05) is 5.32 Å². The van der Waals surface area contributed by atoms with Crippen LogP contribution in [0.1, 0.15) is 10.4 Å². The van der Waals surface area contributed by atoms with Gasteiger partial charge < -0.3 is 10.8 Å². The molecule has 5 nitrogen and oxygen atoms in total. The number of nitrogens with one attached hydrogen (secondary N) is 1. The Hall–Kier alpha value is -1.75. The molecule has 0 saturated heterocycles. The van der Waals surface area contributed by atoms with Crippen molar-refractivity contribution in [3.63, 3.8) is 0 Å². The molecule has 0 aliphatic heterocycles. The SMILES string of the molecule is NC(=O)NC(=O)c1cc(Cl)ccc1O. The molecule has 0 bridgehead atoms. The smallest absolute Gasteiger partial charge is 0.319 e. The summed E-state index contributed by atoms with van der Waals surface area (Å²) in [6.45, 7) is 0. The summed E-state index contributed by atoms with van der Waals surface area (Å²) in [5, 5.41) is 11.3. The fraction of sp³-hybridized carbons (Fsp3) is 0. The highest BCUT2D eigenvalue weighted by Crippen LogP contribution is 2.20. The van der Waals surface area contributed by atoms with Crippen molar-refractivity contribution in [2.75, 3.05) is 0 Å². The summed E-state index contributed by atoms with van der Waals surface area (Å²) in [6.07, 6.45) is 0. The Balaban J connectivity index is 3.00. The molecule has 0 radical (unpaired) electrons. The third kappa shape index (κ3) is 2.37. The zero-order valence-electron chi connectivity index (χ0n) is 6.95. The molecule has 0 fully saturated rings. The molecule has 0 aliphatic carbocycles. The lowest BCUT2D eigenvalue weighted by Gasteiger charge is -2.03. The highest BCUT2D eigenvalue weighted by Gasteiger charge is 2.12. The van der Waals surface area contributed by atoms with Gasteiger partial charge >= 0.3 is 6.03 Å². The summed E-state index contributed by atoms with van der Waals surface area (Å²) in [7, 11) is 0. The molecule has 0 aliphatic rings. The Morgan fingerprint density at radius 3 is 2.64 bits per heavy atom. The van der Waals surface area contributed by atoms with E-state index in [0.29, 0.717) is 0 Å². The van der Waals surface area contributed by atoms with Crippen molar-refractivity contribution in [3.8, 4) is 5.75 Å². The summed E-state index contributed by atoms with van der Waals surface area (Å²) >= 11 is 5.59. The van der Waals surface area contributed by atoms with Crippen LogP contribution in [0.25, 0.3) is 0 Å². The van der Waals surface area contributed by atoms with Gasteiger partial charge in [-0.2, -0.15) is 0 Å². The Labute approximate surface area is 84.5 Å². The van der Waals surface area contributed by atoms with E-state index in [2.05, 4.69) is 0 Å². The fourth-order valence-corrected chi connectivity index (χ4v) is 1.04. The van der Waals surface area contributed by atoms with Crippen molar-refractivity contribution in [3.05, 3.63) is 28.8 Å². The van der Waals surface area contributed by atoms with E-state index in [-0.39, 0.29) is 16.3 Å². The number of phenolic OH excluding ortho intramolecular Hbond substituents is 1. The van der Waals surface area contributed by atoms with Crippen LogP contribution in [0.2, 0.25) is 5.02 Å². The number of hydrogen-bond donors (Lipinski definition) is 3. The van der Waals surface area contributed by atoms with E-state index in [1.165, 1.54) is 18.2 Å². The summed E-state index contributed by atoms with van der Waals surface area (Å²) in [5.41, 5.74) is 4.63. The summed E-state index contributed by atoms with van der Waals surface area (Å²) in [4.78, 5) is 21.6. The van der Waals surface area contributed by atoms with E-state index in [9.17, 15) is 14.7 Å². The minimum atomic E-state index is -0.991. The number of phenols is 1. The third-order valence-electron chi connectivity index (χ3n) is 1.44. The maximum absolute atomic E-state index is 11.2. The molecule has 0 atom stereocenters. The van der Waals surface area contributed by atoms with Crippen molar-refractivity contribution < 1.29 is 14.7 Å². The topological polar surface area (TPSA) is 92.4 Å². The number of amides is 3. The van der Waals surface area contributed by atoms with Gasteiger partial charge in [0, 0.05) is 5.02 Å². The van der Waals surface area contributed by atoms with Crippen LogP contribution in [0, 0.1) is 0 Å². The van der Waals surface area contributed by atoms with Gasteiger partial charge in [-0.05, 0) is 18.2 Å². The predicted molar refractivity (Wildman–Crippen MR) is 50.2 cm³/mol. The lowest BCUT2D eigenvalue weighted by atomic mass is 10.2. The van der Waals surface area contributed by atoms with Crippen molar-refractivity contribution >= 4 is 23.5 Å². The van der Waals surface area contributed by atoms with E-state index in [4.69, 9.17) is 17.3 Å². The van der Waals surface area contributed by atoms with Crippen molar-refractivity contribution in [2.24, 2.45) is 5.73 Å². The zero-order valence-corrected chi connectivity index (χ0v) is 7.71. The molecule has 6 heteroatoms. The van der Waals surface area contributed by atoms with Gasteiger partial charge in [-0.1, -0.05) is 11.6 Å². The second-order valence-electron chi connectivity index (χ2n) is 2.48. The number of aromatic hydroxyl groups is 1. The van der Waals surface area contributed by atoms with Crippen LogP contribution in [0.4, 0.5) is 4.79 Å². The van der Waals surface area contributed by atoms with Gasteiger partial charge in [-0.3, -0.25) is 10.1 Å². The Morgan fingerprint density at radius 2 is 2.07 bits per heavy atom. The number of urea groups is 1. The Morgan fingerprint density at radius 1 is 1.43 bits per heavy atom. The molecule has 1 aromatic carbocycles. The van der Waals surface area contributed by atoms with Gasteiger partial charge in [0.2, 0.25) is 0 Å². The van der Waals surface area contributed by atoms with Crippen LogP contribution >= 0.6 is 11.6 Å². The largest absolute Gasteiger partial charge is 0.507 e. The van der Waals surface area contributed by atoms with Gasteiger partial charge in [0.05, 0.1) is 5.56 Å². The molecule has 3 amide bonds. The summed E-state index contributed by atoms with van der Waals surface area (Å²) in [5.74, 6) is -1.06. The Kier molecular flexibility index (Phi) is 2.93. The molecule has 1 rings (SSSR count). The van der Waals surface area contributed by atoms with Crippen LogP contribution in [0.3, 0.4) is 0 Å². The first-order chi connectivity index (χ1) is 6.50. The second-order valence-corrected chi connectivity index (χ2v) is 2.92. The van der Waals surface area contributed by atoms with Crippen LogP contribution in [0.15, 0.2) is 18.2 Å². The quantitative estimate of drug-likeness (QED) is 0.647.